The molecule has 1 aliphatic rings. The van der Waals surface area contributed by atoms with Gasteiger partial charge < -0.3 is 19.9 Å². The zero-order chi connectivity index (χ0) is 13.4. The maximum atomic E-state index is 10.9. The molecule has 2 N–H and O–H groups in total. The van der Waals surface area contributed by atoms with E-state index in [1.807, 2.05) is 12.3 Å². The average Bonchev–Trinajstić information content (AvgIpc) is 2.89. The van der Waals surface area contributed by atoms with Gasteiger partial charge in [-0.2, -0.15) is 0 Å². The van der Waals surface area contributed by atoms with Crippen molar-refractivity contribution in [3.05, 3.63) is 28.9 Å². The van der Waals surface area contributed by atoms with Crippen molar-refractivity contribution in [3.63, 3.8) is 0 Å². The molecule has 1 aliphatic heterocycles. The van der Waals surface area contributed by atoms with E-state index >= 15 is 0 Å². The fourth-order valence-electron chi connectivity index (χ4n) is 2.52. The Bertz CT molecular complexity index is 617. The second-order valence-electron chi connectivity index (χ2n) is 4.59. The highest BCUT2D eigenvalue weighted by atomic mass is 79.9. The van der Waals surface area contributed by atoms with E-state index in [1.165, 1.54) is 4.90 Å². The highest BCUT2D eigenvalue weighted by Gasteiger charge is 2.21. The first-order valence-corrected chi connectivity index (χ1v) is 6.94. The fraction of sp³-hybridized carbons (Fsp3) is 0.308. The van der Waals surface area contributed by atoms with Crippen LogP contribution in [0.4, 0.5) is 10.5 Å². The Morgan fingerprint density at radius 3 is 2.63 bits per heavy atom. The minimum absolute atomic E-state index is 0.553. The monoisotopic (exact) mass is 323 g/mol. The van der Waals surface area contributed by atoms with Crippen molar-refractivity contribution >= 4 is 38.6 Å². The molecule has 0 unspecified atom stereocenters. The predicted molar refractivity (Wildman–Crippen MR) is 77.8 cm³/mol. The van der Waals surface area contributed by atoms with Crippen LogP contribution in [-0.2, 0) is 0 Å². The predicted octanol–water partition coefficient (Wildman–Crippen LogP) is 2.73. The summed E-state index contributed by atoms with van der Waals surface area (Å²) in [5, 5.41) is 10.1. The number of benzene rings is 1. The van der Waals surface area contributed by atoms with Crippen LogP contribution in [0.5, 0.6) is 0 Å². The largest absolute Gasteiger partial charge is 0.465 e. The van der Waals surface area contributed by atoms with Crippen LogP contribution in [0.25, 0.3) is 10.9 Å². The maximum absolute atomic E-state index is 10.9. The summed E-state index contributed by atoms with van der Waals surface area (Å²) in [5.74, 6) is 0. The first-order valence-electron chi connectivity index (χ1n) is 6.15. The number of carbonyl (C=O) groups is 1. The fourth-order valence-corrected chi connectivity index (χ4v) is 2.98. The van der Waals surface area contributed by atoms with Gasteiger partial charge in [0, 0.05) is 47.9 Å². The van der Waals surface area contributed by atoms with E-state index < -0.39 is 6.09 Å². The van der Waals surface area contributed by atoms with Gasteiger partial charge in [-0.15, -0.1) is 0 Å². The molecule has 5 nitrogen and oxygen atoms in total. The molecule has 3 rings (SSSR count). The third kappa shape index (κ3) is 2.16. The third-order valence-electron chi connectivity index (χ3n) is 3.54. The third-order valence-corrected chi connectivity index (χ3v) is 4.20. The van der Waals surface area contributed by atoms with Crippen LogP contribution >= 0.6 is 15.9 Å². The number of H-pyrrole nitrogens is 1. The Balaban J connectivity index is 1.88. The Morgan fingerprint density at radius 1 is 1.21 bits per heavy atom. The van der Waals surface area contributed by atoms with Gasteiger partial charge in [-0.05, 0) is 34.1 Å². The maximum Gasteiger partial charge on any atom is 0.407 e. The van der Waals surface area contributed by atoms with Crippen LogP contribution in [-0.4, -0.2) is 47.3 Å². The van der Waals surface area contributed by atoms with E-state index in [0.717, 1.165) is 34.2 Å². The summed E-state index contributed by atoms with van der Waals surface area (Å²) in [6.07, 6.45) is 1.09. The van der Waals surface area contributed by atoms with Gasteiger partial charge in [0.05, 0.1) is 5.52 Å². The number of rotatable bonds is 1. The van der Waals surface area contributed by atoms with Crippen molar-refractivity contribution in [3.8, 4) is 0 Å². The molecule has 0 aliphatic carbocycles. The molecule has 1 aromatic carbocycles. The summed E-state index contributed by atoms with van der Waals surface area (Å²) in [7, 11) is 0. The van der Waals surface area contributed by atoms with Gasteiger partial charge in [0.15, 0.2) is 0 Å². The Labute approximate surface area is 118 Å². The van der Waals surface area contributed by atoms with E-state index in [0.29, 0.717) is 13.1 Å². The molecule has 6 heteroatoms. The van der Waals surface area contributed by atoms with Crippen molar-refractivity contribution < 1.29 is 9.90 Å². The molecule has 0 saturated carbocycles. The average molecular weight is 324 g/mol. The Morgan fingerprint density at radius 2 is 1.95 bits per heavy atom. The number of amides is 1. The molecule has 2 heterocycles. The van der Waals surface area contributed by atoms with Crippen LogP contribution in [0.1, 0.15) is 0 Å². The van der Waals surface area contributed by atoms with Gasteiger partial charge in [0.1, 0.15) is 0 Å². The van der Waals surface area contributed by atoms with E-state index in [-0.39, 0.29) is 0 Å². The standard InChI is InChI=1S/C13H14BrN3O2/c14-10-1-2-11(9-3-4-15-12(9)10)16-5-7-17(8-6-16)13(18)19/h1-4,15H,5-8H2,(H,18,19). The van der Waals surface area contributed by atoms with Crippen LogP contribution in [0.3, 0.4) is 0 Å². The number of piperazine rings is 1. The van der Waals surface area contributed by atoms with Gasteiger partial charge in [-0.25, -0.2) is 4.79 Å². The second-order valence-corrected chi connectivity index (χ2v) is 5.44. The molecule has 100 valence electrons. The summed E-state index contributed by atoms with van der Waals surface area (Å²) in [4.78, 5) is 17.8. The lowest BCUT2D eigenvalue weighted by Gasteiger charge is -2.35. The van der Waals surface area contributed by atoms with Gasteiger partial charge in [0.25, 0.3) is 0 Å². The lowest BCUT2D eigenvalue weighted by molar-refractivity contribution is 0.142. The minimum Gasteiger partial charge on any atom is -0.465 e. The van der Waals surface area contributed by atoms with Gasteiger partial charge in [-0.1, -0.05) is 0 Å². The number of nitrogens with zero attached hydrogens (tertiary/aromatic N) is 2. The van der Waals surface area contributed by atoms with Crippen molar-refractivity contribution in [1.29, 1.82) is 0 Å². The first-order chi connectivity index (χ1) is 9.16. The molecule has 2 aromatic rings. The molecule has 1 fully saturated rings. The van der Waals surface area contributed by atoms with Crippen LogP contribution in [0.2, 0.25) is 0 Å². The zero-order valence-corrected chi connectivity index (χ0v) is 11.9. The summed E-state index contributed by atoms with van der Waals surface area (Å²) in [6.45, 7) is 2.57. The Kier molecular flexibility index (Phi) is 3.10. The van der Waals surface area contributed by atoms with Crippen LogP contribution < -0.4 is 4.90 Å². The molecule has 0 spiro atoms. The molecular weight excluding hydrogens is 310 g/mol. The molecule has 0 radical (unpaired) electrons. The summed E-state index contributed by atoms with van der Waals surface area (Å²) in [5.41, 5.74) is 2.24. The van der Waals surface area contributed by atoms with Gasteiger partial charge >= 0.3 is 6.09 Å². The number of aromatic amines is 1. The highest BCUT2D eigenvalue weighted by molar-refractivity contribution is 9.10. The van der Waals surface area contributed by atoms with E-state index in [1.54, 1.807) is 0 Å². The van der Waals surface area contributed by atoms with E-state index in [2.05, 4.69) is 37.9 Å². The number of aromatic nitrogens is 1. The van der Waals surface area contributed by atoms with Crippen LogP contribution in [0, 0.1) is 0 Å². The second kappa shape index (κ2) is 4.77. The van der Waals surface area contributed by atoms with Gasteiger partial charge in [0.2, 0.25) is 0 Å². The topological polar surface area (TPSA) is 59.6 Å². The number of hydrogen-bond donors (Lipinski definition) is 2. The molecule has 1 aromatic heterocycles. The first kappa shape index (κ1) is 12.3. The van der Waals surface area contributed by atoms with Gasteiger partial charge in [-0.3, -0.25) is 0 Å². The normalized spacial score (nSPS) is 16.1. The van der Waals surface area contributed by atoms with Crippen molar-refractivity contribution in [2.24, 2.45) is 0 Å². The molecular formula is C13H14BrN3O2. The van der Waals surface area contributed by atoms with E-state index in [9.17, 15) is 4.79 Å². The molecule has 1 amide bonds. The SMILES string of the molecule is O=C(O)N1CCN(c2ccc(Br)c3[nH]ccc23)CC1. The number of nitrogens with one attached hydrogen (secondary N) is 1. The molecule has 19 heavy (non-hydrogen) atoms. The quantitative estimate of drug-likeness (QED) is 0.848. The van der Waals surface area contributed by atoms with Crippen molar-refractivity contribution in [1.82, 2.24) is 9.88 Å². The van der Waals surface area contributed by atoms with E-state index in [4.69, 9.17) is 5.11 Å². The number of hydrogen-bond acceptors (Lipinski definition) is 2. The molecule has 1 saturated heterocycles. The number of anilines is 1. The Hall–Kier alpha value is -1.69. The highest BCUT2D eigenvalue weighted by Crippen LogP contribution is 2.32. The molecule has 0 atom stereocenters. The summed E-state index contributed by atoms with van der Waals surface area (Å²) < 4.78 is 1.04. The lowest BCUT2D eigenvalue weighted by Crippen LogP contribution is -2.48. The smallest absolute Gasteiger partial charge is 0.407 e. The van der Waals surface area contributed by atoms with Crippen molar-refractivity contribution in [2.75, 3.05) is 31.1 Å². The zero-order valence-electron chi connectivity index (χ0n) is 10.3. The number of halogens is 1. The van der Waals surface area contributed by atoms with Crippen molar-refractivity contribution in [2.45, 2.75) is 0 Å². The number of carboxylic acid groups (broad SMARTS) is 1. The van der Waals surface area contributed by atoms with Crippen LogP contribution in [0.15, 0.2) is 28.9 Å². The lowest BCUT2D eigenvalue weighted by atomic mass is 10.2. The summed E-state index contributed by atoms with van der Waals surface area (Å²) >= 11 is 3.53. The number of fused-ring (bicyclic) bond motifs is 1. The summed E-state index contributed by atoms with van der Waals surface area (Å²) in [6, 6.07) is 6.16. The molecule has 0 bridgehead atoms. The minimum atomic E-state index is -0.831.